The van der Waals surface area contributed by atoms with Gasteiger partial charge in [0.1, 0.15) is 0 Å². The molecule has 3 heteroatoms. The first-order valence-corrected chi connectivity index (χ1v) is 6.02. The third-order valence-corrected chi connectivity index (χ3v) is 3.08. The number of aromatic nitrogens is 1. The Bertz CT molecular complexity index is 471. The summed E-state index contributed by atoms with van der Waals surface area (Å²) in [6.07, 6.45) is 3.61. The number of hydrogen-bond acceptors (Lipinski definition) is 2. The van der Waals surface area contributed by atoms with Crippen LogP contribution in [-0.4, -0.2) is 4.98 Å². The zero-order valence-corrected chi connectivity index (χ0v) is 10.5. The smallest absolute Gasteiger partial charge is 0.0453 e. The maximum Gasteiger partial charge on any atom is 0.0453 e. The van der Waals surface area contributed by atoms with Gasteiger partial charge in [0, 0.05) is 30.0 Å². The quantitative estimate of drug-likeness (QED) is 0.892. The second-order valence-electron chi connectivity index (χ2n) is 3.98. The fourth-order valence-electron chi connectivity index (χ4n) is 1.71. The molecule has 88 valence electrons. The van der Waals surface area contributed by atoms with Crippen LogP contribution >= 0.6 is 11.6 Å². The summed E-state index contributed by atoms with van der Waals surface area (Å²) in [5, 5.41) is 4.25. The van der Waals surface area contributed by atoms with Crippen LogP contribution in [0.25, 0.3) is 0 Å². The topological polar surface area (TPSA) is 24.9 Å². The molecule has 1 N–H and O–H groups in total. The molecule has 17 heavy (non-hydrogen) atoms. The molecule has 1 aromatic carbocycles. The van der Waals surface area contributed by atoms with Gasteiger partial charge in [-0.15, -0.1) is 0 Å². The molecule has 2 aromatic rings. The molecule has 2 nitrogen and oxygen atoms in total. The number of halogens is 1. The van der Waals surface area contributed by atoms with Gasteiger partial charge in [0.2, 0.25) is 0 Å². The van der Waals surface area contributed by atoms with Gasteiger partial charge in [0.05, 0.1) is 0 Å². The molecule has 1 aromatic heterocycles. The lowest BCUT2D eigenvalue weighted by atomic mass is 10.1. The van der Waals surface area contributed by atoms with Crippen LogP contribution in [0, 0.1) is 0 Å². The van der Waals surface area contributed by atoms with Gasteiger partial charge in [0.15, 0.2) is 0 Å². The van der Waals surface area contributed by atoms with E-state index in [1.807, 2.05) is 36.4 Å². The van der Waals surface area contributed by atoms with E-state index in [1.54, 1.807) is 12.4 Å². The van der Waals surface area contributed by atoms with Crippen molar-refractivity contribution in [2.45, 2.75) is 19.5 Å². The van der Waals surface area contributed by atoms with Crippen molar-refractivity contribution in [1.29, 1.82) is 0 Å². The third-order valence-electron chi connectivity index (χ3n) is 2.73. The Morgan fingerprint density at radius 1 is 1.18 bits per heavy atom. The molecule has 0 aliphatic heterocycles. The van der Waals surface area contributed by atoms with E-state index in [1.165, 1.54) is 5.56 Å². The van der Waals surface area contributed by atoms with Crippen molar-refractivity contribution in [2.75, 3.05) is 0 Å². The number of pyridine rings is 1. The van der Waals surface area contributed by atoms with Crippen LogP contribution < -0.4 is 5.32 Å². The van der Waals surface area contributed by atoms with E-state index in [2.05, 4.69) is 17.2 Å². The average Bonchev–Trinajstić information content (AvgIpc) is 2.38. The highest BCUT2D eigenvalue weighted by molar-refractivity contribution is 6.31. The number of nitrogens with zero attached hydrogens (tertiary/aromatic N) is 1. The zero-order valence-electron chi connectivity index (χ0n) is 9.73. The molecule has 0 unspecified atom stereocenters. The fourth-order valence-corrected chi connectivity index (χ4v) is 2.01. The molecule has 0 radical (unpaired) electrons. The Morgan fingerprint density at radius 2 is 1.88 bits per heavy atom. The van der Waals surface area contributed by atoms with Gasteiger partial charge >= 0.3 is 0 Å². The molecule has 0 aliphatic rings. The molecule has 1 heterocycles. The summed E-state index contributed by atoms with van der Waals surface area (Å²) >= 11 is 6.15. The highest BCUT2D eigenvalue weighted by Crippen LogP contribution is 2.22. The summed E-state index contributed by atoms with van der Waals surface area (Å²) in [5.74, 6) is 0. The Hall–Kier alpha value is -1.38. The van der Waals surface area contributed by atoms with Gasteiger partial charge in [-0.05, 0) is 36.2 Å². The van der Waals surface area contributed by atoms with Crippen molar-refractivity contribution in [1.82, 2.24) is 10.3 Å². The molecule has 0 saturated carbocycles. The van der Waals surface area contributed by atoms with Crippen LogP contribution in [0.3, 0.4) is 0 Å². The molecule has 0 aliphatic carbocycles. The maximum atomic E-state index is 6.15. The second-order valence-corrected chi connectivity index (χ2v) is 4.39. The van der Waals surface area contributed by atoms with Gasteiger partial charge < -0.3 is 5.32 Å². The Kier molecular flexibility index (Phi) is 4.13. The van der Waals surface area contributed by atoms with Gasteiger partial charge in [-0.2, -0.15) is 0 Å². The Labute approximate surface area is 107 Å². The van der Waals surface area contributed by atoms with Crippen LogP contribution in [0.2, 0.25) is 5.02 Å². The van der Waals surface area contributed by atoms with Gasteiger partial charge in [-0.1, -0.05) is 29.8 Å². The minimum absolute atomic E-state index is 0.233. The predicted octanol–water partition coefficient (Wildman–Crippen LogP) is 3.59. The van der Waals surface area contributed by atoms with E-state index in [0.717, 1.165) is 17.1 Å². The minimum Gasteiger partial charge on any atom is -0.306 e. The Balaban J connectivity index is 1.99. The number of hydrogen-bond donors (Lipinski definition) is 1. The average molecular weight is 247 g/mol. The first-order valence-electron chi connectivity index (χ1n) is 5.64. The van der Waals surface area contributed by atoms with Crippen LogP contribution in [0.5, 0.6) is 0 Å². The highest BCUT2D eigenvalue weighted by atomic mass is 35.5. The summed E-state index contributed by atoms with van der Waals surface area (Å²) in [7, 11) is 0. The SMILES string of the molecule is C[C@H](NCc1ccncc1)c1ccccc1Cl. The lowest BCUT2D eigenvalue weighted by Gasteiger charge is -2.15. The fraction of sp³-hybridized carbons (Fsp3) is 0.214. The van der Waals surface area contributed by atoms with Crippen LogP contribution in [0.15, 0.2) is 48.8 Å². The summed E-state index contributed by atoms with van der Waals surface area (Å²) in [6.45, 7) is 2.93. The van der Waals surface area contributed by atoms with Gasteiger partial charge in [-0.25, -0.2) is 0 Å². The van der Waals surface area contributed by atoms with E-state index < -0.39 is 0 Å². The predicted molar refractivity (Wildman–Crippen MR) is 70.9 cm³/mol. The molecule has 0 amide bonds. The molecular formula is C14H15ClN2. The largest absolute Gasteiger partial charge is 0.306 e. The second kappa shape index (κ2) is 5.80. The van der Waals surface area contributed by atoms with Crippen molar-refractivity contribution in [3.63, 3.8) is 0 Å². The Morgan fingerprint density at radius 3 is 2.59 bits per heavy atom. The summed E-state index contributed by atoms with van der Waals surface area (Å²) < 4.78 is 0. The summed E-state index contributed by atoms with van der Waals surface area (Å²) in [5.41, 5.74) is 2.35. The molecule has 0 bridgehead atoms. The van der Waals surface area contributed by atoms with Gasteiger partial charge in [-0.3, -0.25) is 4.98 Å². The van der Waals surface area contributed by atoms with E-state index in [-0.39, 0.29) is 6.04 Å². The molecule has 0 fully saturated rings. The van der Waals surface area contributed by atoms with E-state index in [4.69, 9.17) is 11.6 Å². The van der Waals surface area contributed by atoms with Crippen molar-refractivity contribution < 1.29 is 0 Å². The summed E-state index contributed by atoms with van der Waals surface area (Å²) in [6, 6.07) is 12.2. The molecular weight excluding hydrogens is 232 g/mol. The first kappa shape index (κ1) is 12.1. The first-order chi connectivity index (χ1) is 8.27. The molecule has 0 spiro atoms. The minimum atomic E-state index is 0.233. The zero-order chi connectivity index (χ0) is 12.1. The van der Waals surface area contributed by atoms with Crippen LogP contribution in [-0.2, 0) is 6.54 Å². The lowest BCUT2D eigenvalue weighted by molar-refractivity contribution is 0.574. The standard InChI is InChI=1S/C14H15ClN2/c1-11(13-4-2-3-5-14(13)15)17-10-12-6-8-16-9-7-12/h2-9,11,17H,10H2,1H3/t11-/m0/s1. The maximum absolute atomic E-state index is 6.15. The lowest BCUT2D eigenvalue weighted by Crippen LogP contribution is -2.18. The molecule has 1 atom stereocenters. The van der Waals surface area contributed by atoms with Crippen molar-refractivity contribution in [2.24, 2.45) is 0 Å². The van der Waals surface area contributed by atoms with Crippen molar-refractivity contribution >= 4 is 11.6 Å². The van der Waals surface area contributed by atoms with Crippen LogP contribution in [0.1, 0.15) is 24.1 Å². The number of benzene rings is 1. The highest BCUT2D eigenvalue weighted by Gasteiger charge is 2.07. The normalized spacial score (nSPS) is 12.4. The number of rotatable bonds is 4. The van der Waals surface area contributed by atoms with Crippen molar-refractivity contribution in [3.8, 4) is 0 Å². The molecule has 2 rings (SSSR count). The van der Waals surface area contributed by atoms with Crippen molar-refractivity contribution in [3.05, 3.63) is 64.9 Å². The number of nitrogens with one attached hydrogen (secondary N) is 1. The van der Waals surface area contributed by atoms with E-state index in [9.17, 15) is 0 Å². The van der Waals surface area contributed by atoms with Gasteiger partial charge in [0.25, 0.3) is 0 Å². The van der Waals surface area contributed by atoms with E-state index in [0.29, 0.717) is 0 Å². The summed E-state index contributed by atoms with van der Waals surface area (Å²) in [4.78, 5) is 4.00. The van der Waals surface area contributed by atoms with Crippen LogP contribution in [0.4, 0.5) is 0 Å². The van der Waals surface area contributed by atoms with E-state index >= 15 is 0 Å². The third kappa shape index (κ3) is 3.29. The molecule has 0 saturated heterocycles. The monoisotopic (exact) mass is 246 g/mol.